The Kier molecular flexibility index (Phi) is 21.4. The summed E-state index contributed by atoms with van der Waals surface area (Å²) in [4.78, 5) is 13.6. The molecule has 0 fully saturated rings. The van der Waals surface area contributed by atoms with E-state index >= 15 is 0 Å². The second-order valence-corrected chi connectivity index (χ2v) is 7.84. The first-order valence-electron chi connectivity index (χ1n) is 12.2. The number of ether oxygens (including phenoxy) is 3. The van der Waals surface area contributed by atoms with Crippen molar-refractivity contribution in [3.05, 3.63) is 0 Å². The van der Waals surface area contributed by atoms with E-state index in [1.165, 1.54) is 32.1 Å². The molecule has 0 unspecified atom stereocenters. The number of aliphatic imine (C=N–C) groups is 1. The third-order valence-electron chi connectivity index (χ3n) is 5.03. The molecule has 0 rings (SSSR count). The molecule has 0 saturated carbocycles. The fourth-order valence-electron chi connectivity index (χ4n) is 3.10. The van der Waals surface area contributed by atoms with E-state index in [0.717, 1.165) is 64.2 Å². The van der Waals surface area contributed by atoms with Crippen LogP contribution < -0.4 is 0 Å². The highest BCUT2D eigenvalue weighted by atomic mass is 16.9. The van der Waals surface area contributed by atoms with Gasteiger partial charge in [0.2, 0.25) is 6.08 Å². The summed E-state index contributed by atoms with van der Waals surface area (Å²) in [6.45, 7) is 9.25. The topological polar surface area (TPSA) is 57.1 Å². The van der Waals surface area contributed by atoms with Crippen LogP contribution in [0.1, 0.15) is 117 Å². The van der Waals surface area contributed by atoms with Crippen LogP contribution in [-0.4, -0.2) is 38.4 Å². The van der Waals surface area contributed by atoms with Crippen molar-refractivity contribution in [1.82, 2.24) is 0 Å². The van der Waals surface area contributed by atoms with Crippen LogP contribution in [0, 0.1) is 0 Å². The summed E-state index contributed by atoms with van der Waals surface area (Å²) in [7, 11) is 0. The maximum Gasteiger partial charge on any atom is 0.282 e. The monoisotopic (exact) mass is 413 g/mol. The van der Waals surface area contributed by atoms with E-state index in [9.17, 15) is 4.79 Å². The summed E-state index contributed by atoms with van der Waals surface area (Å²) in [5, 5.41) is 0. The van der Waals surface area contributed by atoms with Gasteiger partial charge >= 0.3 is 0 Å². The lowest BCUT2D eigenvalue weighted by Crippen LogP contribution is -2.40. The second-order valence-electron chi connectivity index (χ2n) is 7.84. The van der Waals surface area contributed by atoms with Crippen molar-refractivity contribution in [3.8, 4) is 0 Å². The fraction of sp³-hybridized carbons (Fsp3) is 0.958. The zero-order valence-electron chi connectivity index (χ0n) is 19.5. The van der Waals surface area contributed by atoms with Gasteiger partial charge in [0.05, 0.1) is 26.4 Å². The Labute approximate surface area is 180 Å². The molecule has 0 bridgehead atoms. The Morgan fingerprint density at radius 1 is 0.621 bits per heavy atom. The molecule has 0 spiro atoms. The molecule has 0 aromatic heterocycles. The third-order valence-corrected chi connectivity index (χ3v) is 5.03. The van der Waals surface area contributed by atoms with Gasteiger partial charge in [-0.3, -0.25) is 0 Å². The van der Waals surface area contributed by atoms with E-state index in [1.807, 2.05) is 0 Å². The van der Waals surface area contributed by atoms with Crippen molar-refractivity contribution in [1.29, 1.82) is 0 Å². The van der Waals surface area contributed by atoms with Crippen molar-refractivity contribution >= 4 is 6.08 Å². The average molecular weight is 414 g/mol. The van der Waals surface area contributed by atoms with E-state index in [0.29, 0.717) is 26.4 Å². The minimum Gasteiger partial charge on any atom is -0.327 e. The van der Waals surface area contributed by atoms with E-state index in [2.05, 4.69) is 25.8 Å². The van der Waals surface area contributed by atoms with E-state index in [4.69, 9.17) is 14.2 Å². The molecule has 0 aromatic rings. The van der Waals surface area contributed by atoms with Crippen molar-refractivity contribution in [2.45, 2.75) is 123 Å². The minimum atomic E-state index is -0.849. The van der Waals surface area contributed by atoms with Gasteiger partial charge in [-0.1, -0.05) is 78.6 Å². The van der Waals surface area contributed by atoms with Gasteiger partial charge in [0.25, 0.3) is 5.97 Å². The Hall–Kier alpha value is -0.740. The van der Waals surface area contributed by atoms with Gasteiger partial charge in [0.15, 0.2) is 0 Å². The van der Waals surface area contributed by atoms with Gasteiger partial charge in [0, 0.05) is 6.42 Å². The summed E-state index contributed by atoms with van der Waals surface area (Å²) in [6.07, 6.45) is 18.2. The summed E-state index contributed by atoms with van der Waals surface area (Å²) >= 11 is 0. The number of unbranched alkanes of at least 4 members (excludes halogenated alkanes) is 10. The number of isocyanates is 1. The molecule has 29 heavy (non-hydrogen) atoms. The molecule has 0 aliphatic carbocycles. The summed E-state index contributed by atoms with van der Waals surface area (Å²) in [5.41, 5.74) is 0. The number of carbonyl (C=O) groups excluding carboxylic acids is 1. The molecule has 172 valence electrons. The van der Waals surface area contributed by atoms with Crippen molar-refractivity contribution in [2.75, 3.05) is 26.4 Å². The molecule has 0 atom stereocenters. The minimum absolute atomic E-state index is 0.625. The molecule has 0 heterocycles. The van der Waals surface area contributed by atoms with Gasteiger partial charge < -0.3 is 14.2 Å². The molecule has 5 heteroatoms. The first kappa shape index (κ1) is 28.3. The average Bonchev–Trinajstić information content (AvgIpc) is 2.72. The maximum atomic E-state index is 10.0. The lowest BCUT2D eigenvalue weighted by atomic mass is 10.1. The lowest BCUT2D eigenvalue weighted by molar-refractivity contribution is -0.384. The quantitative estimate of drug-likeness (QED) is 0.0788. The molecule has 0 saturated heterocycles. The van der Waals surface area contributed by atoms with Gasteiger partial charge in [-0.2, -0.15) is 0 Å². The highest BCUT2D eigenvalue weighted by Crippen LogP contribution is 2.26. The van der Waals surface area contributed by atoms with Crippen molar-refractivity contribution < 1.29 is 19.0 Å². The smallest absolute Gasteiger partial charge is 0.282 e. The Morgan fingerprint density at radius 3 is 1.45 bits per heavy atom. The predicted molar refractivity (Wildman–Crippen MR) is 120 cm³/mol. The van der Waals surface area contributed by atoms with E-state index in [-0.39, 0.29) is 0 Å². The molecule has 0 amide bonds. The van der Waals surface area contributed by atoms with Gasteiger partial charge in [-0.15, -0.1) is 0 Å². The van der Waals surface area contributed by atoms with Gasteiger partial charge in [-0.05, 0) is 32.1 Å². The molecule has 0 N–H and O–H groups in total. The fourth-order valence-corrected chi connectivity index (χ4v) is 3.10. The highest BCUT2D eigenvalue weighted by Gasteiger charge is 2.32. The number of rotatable bonds is 23. The normalized spacial score (nSPS) is 11.6. The van der Waals surface area contributed by atoms with Crippen molar-refractivity contribution in [2.24, 2.45) is 4.99 Å². The van der Waals surface area contributed by atoms with Gasteiger partial charge in [-0.25, -0.2) is 9.79 Å². The first-order valence-corrected chi connectivity index (χ1v) is 12.2. The van der Waals surface area contributed by atoms with Crippen LogP contribution in [-0.2, 0) is 19.0 Å². The first-order chi connectivity index (χ1) is 14.2. The van der Waals surface area contributed by atoms with Crippen LogP contribution in [0.15, 0.2) is 4.99 Å². The van der Waals surface area contributed by atoms with Crippen LogP contribution in [0.3, 0.4) is 0 Å². The Morgan fingerprint density at radius 2 is 1.03 bits per heavy atom. The molecule has 0 aromatic carbocycles. The molecular formula is C24H47NO4. The zero-order valence-corrected chi connectivity index (χ0v) is 19.5. The molecule has 0 radical (unpaired) electrons. The molecule has 0 aliphatic heterocycles. The van der Waals surface area contributed by atoms with Gasteiger partial charge in [0.1, 0.15) is 0 Å². The standard InChI is InChI=1S/C24H47NO4/c1-4-7-20-27-24(28-21-8-5-2,29-22-9-6-3)18-16-14-12-10-11-13-15-17-19-25-23-26/h4-22H2,1-3H3. The maximum absolute atomic E-state index is 10.0. The van der Waals surface area contributed by atoms with Crippen LogP contribution in [0.25, 0.3) is 0 Å². The predicted octanol–water partition coefficient (Wildman–Crippen LogP) is 6.94. The zero-order chi connectivity index (χ0) is 21.5. The number of hydrogen-bond acceptors (Lipinski definition) is 5. The number of nitrogens with zero attached hydrogens (tertiary/aromatic N) is 1. The molecular weight excluding hydrogens is 366 g/mol. The van der Waals surface area contributed by atoms with Crippen LogP contribution in [0.4, 0.5) is 0 Å². The Balaban J connectivity index is 4.24. The highest BCUT2D eigenvalue weighted by molar-refractivity contribution is 5.32. The van der Waals surface area contributed by atoms with Crippen LogP contribution in [0.5, 0.6) is 0 Å². The van der Waals surface area contributed by atoms with Crippen molar-refractivity contribution in [3.63, 3.8) is 0 Å². The number of hydrogen-bond donors (Lipinski definition) is 0. The SMILES string of the molecule is CCCCOC(CCCCCCCCCCN=C=O)(OCCCC)OCCCC. The lowest BCUT2D eigenvalue weighted by Gasteiger charge is -2.33. The summed E-state index contributed by atoms with van der Waals surface area (Å²) < 4.78 is 18.5. The summed E-state index contributed by atoms with van der Waals surface area (Å²) in [6, 6.07) is 0. The van der Waals surface area contributed by atoms with Crippen LogP contribution in [0.2, 0.25) is 0 Å². The third kappa shape index (κ3) is 17.8. The largest absolute Gasteiger partial charge is 0.327 e. The molecule has 5 nitrogen and oxygen atoms in total. The van der Waals surface area contributed by atoms with E-state index in [1.54, 1.807) is 6.08 Å². The molecule has 0 aliphatic rings. The van der Waals surface area contributed by atoms with Crippen LogP contribution >= 0.6 is 0 Å². The summed E-state index contributed by atoms with van der Waals surface area (Å²) in [5.74, 6) is -0.849. The second kappa shape index (κ2) is 22.0. The Bertz CT molecular complexity index is 357. The van der Waals surface area contributed by atoms with E-state index < -0.39 is 5.97 Å².